The largest absolute Gasteiger partial charge is 4.00 e. The molecule has 0 nitrogen and oxygen atoms in total. The van der Waals surface area contributed by atoms with Crippen molar-refractivity contribution in [3.63, 3.8) is 0 Å². The Morgan fingerprint density at radius 1 is 0.778 bits per heavy atom. The van der Waals surface area contributed by atoms with Crippen LogP contribution in [0.2, 0.25) is 0 Å². The van der Waals surface area contributed by atoms with E-state index in [0.717, 1.165) is 6.42 Å². The molecule has 0 saturated heterocycles. The number of rotatable bonds is 4. The molecule has 0 radical (unpaired) electrons. The minimum Gasteiger partial charge on any atom is -1.00 e. The van der Waals surface area contributed by atoms with E-state index in [1.54, 1.807) is 5.56 Å². The van der Waals surface area contributed by atoms with Gasteiger partial charge in [0.25, 0.3) is 0 Å². The minimum atomic E-state index is 0. The second-order valence-corrected chi connectivity index (χ2v) is 7.03. The summed E-state index contributed by atoms with van der Waals surface area (Å²) in [6, 6.07) is 22.3. The van der Waals surface area contributed by atoms with Crippen molar-refractivity contribution in [2.75, 3.05) is 0 Å². The van der Waals surface area contributed by atoms with Gasteiger partial charge in [0.05, 0.1) is 0 Å². The van der Waals surface area contributed by atoms with Gasteiger partial charge in [-0.3, -0.25) is 0 Å². The summed E-state index contributed by atoms with van der Waals surface area (Å²) < 4.78 is 0. The third-order valence-electron chi connectivity index (χ3n) is 5.53. The van der Waals surface area contributed by atoms with Gasteiger partial charge in [-0.25, -0.2) is 0 Å². The summed E-state index contributed by atoms with van der Waals surface area (Å²) in [5.41, 5.74) is 5.96. The standard InChI is InChI=1S/C24H24.2ClH.Zr/c1-4-18(24-17(3)14-20-10-6-8-12-22(20)24)15-23-16(2)13-19-9-5-7-11-21(19)23;;;/h5-14,18H,4,15H2,1-3H3;2*1H;/q-2;;;+4/p-2. The van der Waals surface area contributed by atoms with Crippen molar-refractivity contribution in [1.82, 2.24) is 0 Å². The quantitative estimate of drug-likeness (QED) is 0.384. The monoisotopic (exact) mass is 472 g/mol. The first-order chi connectivity index (χ1) is 11.7. The average Bonchev–Trinajstić information content (AvgIpc) is 3.09. The number of benzene rings is 2. The van der Waals surface area contributed by atoms with Crippen LogP contribution in [0, 0.1) is 13.8 Å². The molecule has 0 saturated carbocycles. The molecule has 3 heteroatoms. The van der Waals surface area contributed by atoms with Gasteiger partial charge < -0.3 is 24.8 Å². The van der Waals surface area contributed by atoms with Gasteiger partial charge in [0.15, 0.2) is 0 Å². The number of aryl methyl sites for hydroxylation is 2. The molecular formula is C24H24Cl2Zr. The van der Waals surface area contributed by atoms with Gasteiger partial charge in [-0.15, -0.1) is 86.8 Å². The zero-order chi connectivity index (χ0) is 16.7. The number of hydrogen-bond donors (Lipinski definition) is 0. The minimum absolute atomic E-state index is 0. The normalized spacial score (nSPS) is 11.5. The molecule has 0 aliphatic rings. The number of fused-ring (bicyclic) bond motifs is 2. The first-order valence-electron chi connectivity index (χ1n) is 8.98. The topological polar surface area (TPSA) is 0 Å². The molecule has 0 aliphatic heterocycles. The molecule has 27 heavy (non-hydrogen) atoms. The summed E-state index contributed by atoms with van der Waals surface area (Å²) in [7, 11) is 0. The fraction of sp³-hybridized carbons (Fsp3) is 0.250. The smallest absolute Gasteiger partial charge is 1.00 e. The number of halogens is 2. The van der Waals surface area contributed by atoms with Gasteiger partial charge in [0, 0.05) is 0 Å². The van der Waals surface area contributed by atoms with Crippen molar-refractivity contribution >= 4 is 21.5 Å². The van der Waals surface area contributed by atoms with Crippen LogP contribution in [-0.4, -0.2) is 0 Å². The molecule has 0 heterocycles. The molecule has 4 aromatic rings. The summed E-state index contributed by atoms with van der Waals surface area (Å²) in [6.07, 6.45) is 2.30. The van der Waals surface area contributed by atoms with E-state index in [2.05, 4.69) is 81.4 Å². The maximum Gasteiger partial charge on any atom is 4.00 e. The Bertz CT molecular complexity index is 1010. The van der Waals surface area contributed by atoms with E-state index in [4.69, 9.17) is 0 Å². The Labute approximate surface area is 194 Å². The second kappa shape index (κ2) is 10.1. The fourth-order valence-electron chi connectivity index (χ4n) is 4.33. The van der Waals surface area contributed by atoms with Crippen molar-refractivity contribution in [1.29, 1.82) is 0 Å². The zero-order valence-electron chi connectivity index (χ0n) is 16.0. The summed E-state index contributed by atoms with van der Waals surface area (Å²) in [5.74, 6) is 0.578. The molecular weight excluding hydrogens is 450 g/mol. The van der Waals surface area contributed by atoms with Gasteiger partial charge in [-0.05, 0) is 0 Å². The Balaban J connectivity index is 0.00000121. The van der Waals surface area contributed by atoms with Crippen LogP contribution < -0.4 is 24.8 Å². The van der Waals surface area contributed by atoms with E-state index in [-0.39, 0.29) is 51.0 Å². The Morgan fingerprint density at radius 3 is 1.93 bits per heavy atom. The van der Waals surface area contributed by atoms with Gasteiger partial charge in [0.1, 0.15) is 0 Å². The Hall–Kier alpha value is -0.877. The van der Waals surface area contributed by atoms with Crippen LogP contribution in [0.3, 0.4) is 0 Å². The van der Waals surface area contributed by atoms with E-state index >= 15 is 0 Å². The molecule has 4 rings (SSSR count). The van der Waals surface area contributed by atoms with Crippen LogP contribution in [0.4, 0.5) is 0 Å². The molecule has 0 aliphatic carbocycles. The van der Waals surface area contributed by atoms with E-state index in [0.29, 0.717) is 5.92 Å². The second-order valence-electron chi connectivity index (χ2n) is 7.03. The average molecular weight is 475 g/mol. The van der Waals surface area contributed by atoms with Gasteiger partial charge >= 0.3 is 26.2 Å². The van der Waals surface area contributed by atoms with Crippen molar-refractivity contribution < 1.29 is 51.0 Å². The van der Waals surface area contributed by atoms with Crippen LogP contribution in [0.5, 0.6) is 0 Å². The van der Waals surface area contributed by atoms with Crippen LogP contribution in [0.15, 0.2) is 60.7 Å². The molecule has 0 bridgehead atoms. The van der Waals surface area contributed by atoms with Crippen LogP contribution in [0.25, 0.3) is 21.5 Å². The van der Waals surface area contributed by atoms with Crippen LogP contribution in [0.1, 0.15) is 41.5 Å². The van der Waals surface area contributed by atoms with Crippen molar-refractivity contribution in [2.45, 2.75) is 39.5 Å². The van der Waals surface area contributed by atoms with Gasteiger partial charge in [-0.2, -0.15) is 5.56 Å². The maximum absolute atomic E-state index is 2.35. The van der Waals surface area contributed by atoms with Crippen molar-refractivity contribution in [2.24, 2.45) is 0 Å². The summed E-state index contributed by atoms with van der Waals surface area (Å²) in [4.78, 5) is 0. The van der Waals surface area contributed by atoms with Gasteiger partial charge in [0.2, 0.25) is 0 Å². The fourth-order valence-corrected chi connectivity index (χ4v) is 4.33. The maximum atomic E-state index is 2.35. The summed E-state index contributed by atoms with van der Waals surface area (Å²) >= 11 is 0. The molecule has 0 N–H and O–H groups in total. The van der Waals surface area contributed by atoms with Crippen LogP contribution >= 0.6 is 0 Å². The SMILES string of the molecule is CCC(Cc1c(C)[cH-]c2ccccc12)c1c(C)[cH-]c2ccccc12.[Cl-].[Cl-].[Zr+4]. The predicted octanol–water partition coefficient (Wildman–Crippen LogP) is 0.789. The molecule has 0 spiro atoms. The number of hydrogen-bond acceptors (Lipinski definition) is 0. The summed E-state index contributed by atoms with van der Waals surface area (Å²) in [5, 5.41) is 5.63. The Kier molecular flexibility index (Phi) is 9.00. The molecule has 0 amide bonds. The third-order valence-corrected chi connectivity index (χ3v) is 5.53. The molecule has 4 aromatic carbocycles. The van der Waals surface area contributed by atoms with E-state index in [1.807, 2.05) is 0 Å². The molecule has 1 atom stereocenters. The van der Waals surface area contributed by atoms with Crippen molar-refractivity contribution in [3.8, 4) is 0 Å². The van der Waals surface area contributed by atoms with Crippen molar-refractivity contribution in [3.05, 3.63) is 82.9 Å². The van der Waals surface area contributed by atoms with E-state index in [1.165, 1.54) is 44.7 Å². The van der Waals surface area contributed by atoms with E-state index in [9.17, 15) is 0 Å². The van der Waals surface area contributed by atoms with E-state index < -0.39 is 0 Å². The van der Waals surface area contributed by atoms with Crippen LogP contribution in [-0.2, 0) is 32.6 Å². The first kappa shape index (κ1) is 24.2. The third kappa shape index (κ3) is 4.42. The summed E-state index contributed by atoms with van der Waals surface area (Å²) in [6.45, 7) is 6.86. The Morgan fingerprint density at radius 2 is 1.30 bits per heavy atom. The molecule has 0 fully saturated rings. The van der Waals surface area contributed by atoms with Gasteiger partial charge in [-0.1, -0.05) is 51.7 Å². The first-order valence-corrected chi connectivity index (χ1v) is 8.98. The zero-order valence-corrected chi connectivity index (χ0v) is 20.0. The molecule has 138 valence electrons. The predicted molar refractivity (Wildman–Crippen MR) is 105 cm³/mol. The molecule has 1 unspecified atom stereocenters. The molecule has 0 aromatic heterocycles.